The third kappa shape index (κ3) is 1.69. The summed E-state index contributed by atoms with van der Waals surface area (Å²) in [5.41, 5.74) is 1.36. The van der Waals surface area contributed by atoms with Crippen molar-refractivity contribution in [2.75, 3.05) is 0 Å². The smallest absolute Gasteiger partial charge is 0.0853 e. The van der Waals surface area contributed by atoms with E-state index in [4.69, 9.17) is 28.3 Å². The second-order valence-corrected chi connectivity index (χ2v) is 3.73. The first-order valence-electron chi connectivity index (χ1n) is 4.06. The fourth-order valence-corrected chi connectivity index (χ4v) is 1.58. The van der Waals surface area contributed by atoms with E-state index in [0.29, 0.717) is 15.7 Å². The van der Waals surface area contributed by atoms with Crippen molar-refractivity contribution in [3.8, 4) is 0 Å². The average Bonchev–Trinajstić information content (AvgIpc) is 2.19. The first kappa shape index (κ1) is 9.71. The van der Waals surface area contributed by atoms with Gasteiger partial charge in [0.1, 0.15) is 0 Å². The number of aromatic nitrogens is 1. The number of aliphatic hydroxyl groups excluding tert-OH is 1. The lowest BCUT2D eigenvalue weighted by molar-refractivity contribution is 0.277. The lowest BCUT2D eigenvalue weighted by Crippen LogP contribution is -1.89. The molecule has 14 heavy (non-hydrogen) atoms. The molecule has 72 valence electrons. The molecule has 2 nitrogen and oxygen atoms in total. The van der Waals surface area contributed by atoms with Crippen molar-refractivity contribution >= 4 is 34.1 Å². The predicted molar refractivity (Wildman–Crippen MR) is 57.7 cm³/mol. The van der Waals surface area contributed by atoms with Gasteiger partial charge in [-0.3, -0.25) is 4.98 Å². The summed E-state index contributed by atoms with van der Waals surface area (Å²) in [6.07, 6.45) is 0. The molecule has 2 aromatic rings. The molecule has 0 amide bonds. The molecule has 0 unspecified atom stereocenters. The van der Waals surface area contributed by atoms with Gasteiger partial charge >= 0.3 is 0 Å². The molecular weight excluding hydrogens is 221 g/mol. The molecule has 0 radical (unpaired) electrons. The average molecular weight is 228 g/mol. The zero-order valence-corrected chi connectivity index (χ0v) is 8.68. The lowest BCUT2D eigenvalue weighted by atomic mass is 10.2. The fourth-order valence-electron chi connectivity index (χ4n) is 1.25. The van der Waals surface area contributed by atoms with Crippen molar-refractivity contribution in [3.63, 3.8) is 0 Å². The summed E-state index contributed by atoms with van der Waals surface area (Å²) in [7, 11) is 0. The van der Waals surface area contributed by atoms with Gasteiger partial charge in [-0.15, -0.1) is 0 Å². The minimum absolute atomic E-state index is 0.0732. The Morgan fingerprint density at radius 1 is 1.14 bits per heavy atom. The van der Waals surface area contributed by atoms with Gasteiger partial charge in [-0.05, 0) is 18.2 Å². The van der Waals surface area contributed by atoms with Crippen LogP contribution in [0.1, 0.15) is 5.69 Å². The normalized spacial score (nSPS) is 10.8. The van der Waals surface area contributed by atoms with Crippen LogP contribution in [-0.4, -0.2) is 10.1 Å². The number of hydrogen-bond acceptors (Lipinski definition) is 2. The number of rotatable bonds is 1. The molecule has 2 rings (SSSR count). The molecule has 1 aromatic carbocycles. The van der Waals surface area contributed by atoms with Crippen LogP contribution in [0.4, 0.5) is 0 Å². The SMILES string of the molecule is OCc1ccc2cc(Cl)c(Cl)cc2n1. The van der Waals surface area contributed by atoms with Gasteiger partial charge in [-0.25, -0.2) is 0 Å². The molecule has 1 N–H and O–H groups in total. The lowest BCUT2D eigenvalue weighted by Gasteiger charge is -2.02. The number of nitrogens with zero attached hydrogens (tertiary/aromatic N) is 1. The minimum atomic E-state index is -0.0732. The van der Waals surface area contributed by atoms with E-state index in [0.717, 1.165) is 10.9 Å². The summed E-state index contributed by atoms with van der Waals surface area (Å²) >= 11 is 11.7. The molecule has 0 spiro atoms. The van der Waals surface area contributed by atoms with Crippen LogP contribution in [0.5, 0.6) is 0 Å². The van der Waals surface area contributed by atoms with Gasteiger partial charge in [0.15, 0.2) is 0 Å². The quantitative estimate of drug-likeness (QED) is 0.813. The van der Waals surface area contributed by atoms with Crippen LogP contribution in [0, 0.1) is 0 Å². The van der Waals surface area contributed by atoms with Gasteiger partial charge in [-0.2, -0.15) is 0 Å². The minimum Gasteiger partial charge on any atom is -0.390 e. The van der Waals surface area contributed by atoms with Crippen molar-refractivity contribution in [3.05, 3.63) is 40.0 Å². The fraction of sp³-hybridized carbons (Fsp3) is 0.100. The Hall–Kier alpha value is -0.830. The largest absolute Gasteiger partial charge is 0.390 e. The number of pyridine rings is 1. The van der Waals surface area contributed by atoms with Crippen molar-refractivity contribution in [1.82, 2.24) is 4.98 Å². The highest BCUT2D eigenvalue weighted by Gasteiger charge is 2.02. The third-order valence-electron chi connectivity index (χ3n) is 1.95. The number of benzene rings is 1. The Labute approximate surface area is 91.1 Å². The van der Waals surface area contributed by atoms with Crippen molar-refractivity contribution in [1.29, 1.82) is 0 Å². The maximum atomic E-state index is 8.90. The number of hydrogen-bond donors (Lipinski definition) is 1. The second-order valence-electron chi connectivity index (χ2n) is 2.92. The number of fused-ring (bicyclic) bond motifs is 1. The second kappa shape index (κ2) is 3.73. The predicted octanol–water partition coefficient (Wildman–Crippen LogP) is 3.03. The molecule has 0 atom stereocenters. The zero-order chi connectivity index (χ0) is 10.1. The Kier molecular flexibility index (Phi) is 2.59. The maximum absolute atomic E-state index is 8.90. The summed E-state index contributed by atoms with van der Waals surface area (Å²) in [5, 5.41) is 10.8. The van der Waals surface area contributed by atoms with Crippen molar-refractivity contribution in [2.45, 2.75) is 6.61 Å². The maximum Gasteiger partial charge on any atom is 0.0853 e. The molecule has 0 saturated carbocycles. The topological polar surface area (TPSA) is 33.1 Å². The zero-order valence-electron chi connectivity index (χ0n) is 7.17. The Bertz CT molecular complexity index is 485. The first-order valence-corrected chi connectivity index (χ1v) is 4.82. The van der Waals surface area contributed by atoms with Crippen LogP contribution in [0.25, 0.3) is 10.9 Å². The van der Waals surface area contributed by atoms with Crippen molar-refractivity contribution < 1.29 is 5.11 Å². The summed E-state index contributed by atoms with van der Waals surface area (Å²) in [4.78, 5) is 4.20. The summed E-state index contributed by atoms with van der Waals surface area (Å²) < 4.78 is 0. The van der Waals surface area contributed by atoms with Crippen LogP contribution in [0.2, 0.25) is 10.0 Å². The van der Waals surface area contributed by atoms with Gasteiger partial charge in [-0.1, -0.05) is 29.3 Å². The Morgan fingerprint density at radius 2 is 1.86 bits per heavy atom. The van der Waals surface area contributed by atoms with E-state index in [2.05, 4.69) is 4.98 Å². The van der Waals surface area contributed by atoms with E-state index in [9.17, 15) is 0 Å². The van der Waals surface area contributed by atoms with Crippen LogP contribution in [-0.2, 0) is 6.61 Å². The highest BCUT2D eigenvalue weighted by Crippen LogP contribution is 2.26. The Morgan fingerprint density at radius 3 is 2.57 bits per heavy atom. The Balaban J connectivity index is 2.70. The monoisotopic (exact) mass is 227 g/mol. The molecule has 0 aliphatic carbocycles. The molecule has 1 heterocycles. The van der Waals surface area contributed by atoms with E-state index in [1.54, 1.807) is 18.2 Å². The molecular formula is C10H7Cl2NO. The van der Waals surface area contributed by atoms with Crippen LogP contribution >= 0.6 is 23.2 Å². The van der Waals surface area contributed by atoms with Gasteiger partial charge < -0.3 is 5.11 Å². The van der Waals surface area contributed by atoms with Gasteiger partial charge in [0.05, 0.1) is 27.9 Å². The number of halogens is 2. The summed E-state index contributed by atoms with van der Waals surface area (Å²) in [6, 6.07) is 7.06. The number of aliphatic hydroxyl groups is 1. The van der Waals surface area contributed by atoms with Gasteiger partial charge in [0.2, 0.25) is 0 Å². The molecule has 4 heteroatoms. The van der Waals surface area contributed by atoms with Crippen LogP contribution in [0.3, 0.4) is 0 Å². The molecule has 0 bridgehead atoms. The van der Waals surface area contributed by atoms with Crippen LogP contribution < -0.4 is 0 Å². The molecule has 0 saturated heterocycles. The van der Waals surface area contributed by atoms with E-state index in [1.807, 2.05) is 6.07 Å². The standard InChI is InChI=1S/C10H7Cl2NO/c11-8-3-6-1-2-7(5-14)13-10(6)4-9(8)12/h1-4,14H,5H2. The molecule has 0 aliphatic rings. The van der Waals surface area contributed by atoms with Crippen molar-refractivity contribution in [2.24, 2.45) is 0 Å². The molecule has 1 aromatic heterocycles. The summed E-state index contributed by atoms with van der Waals surface area (Å²) in [5.74, 6) is 0. The molecule has 0 fully saturated rings. The van der Waals surface area contributed by atoms with Gasteiger partial charge in [0.25, 0.3) is 0 Å². The van der Waals surface area contributed by atoms with Gasteiger partial charge in [0, 0.05) is 5.39 Å². The van der Waals surface area contributed by atoms with E-state index >= 15 is 0 Å². The summed E-state index contributed by atoms with van der Waals surface area (Å²) in [6.45, 7) is -0.0732. The van der Waals surface area contributed by atoms with E-state index < -0.39 is 0 Å². The van der Waals surface area contributed by atoms with Crippen LogP contribution in [0.15, 0.2) is 24.3 Å². The van der Waals surface area contributed by atoms with E-state index in [-0.39, 0.29) is 6.61 Å². The highest BCUT2D eigenvalue weighted by atomic mass is 35.5. The van der Waals surface area contributed by atoms with E-state index in [1.165, 1.54) is 0 Å². The highest BCUT2D eigenvalue weighted by molar-refractivity contribution is 6.42. The molecule has 0 aliphatic heterocycles. The first-order chi connectivity index (χ1) is 6.70. The third-order valence-corrected chi connectivity index (χ3v) is 2.67.